The van der Waals surface area contributed by atoms with Crippen LogP contribution in [0, 0.1) is 0 Å². The van der Waals surface area contributed by atoms with Crippen molar-refractivity contribution in [2.45, 2.75) is 13.8 Å². The van der Waals surface area contributed by atoms with Gasteiger partial charge in [0.25, 0.3) is 0 Å². The minimum atomic E-state index is 0.172. The third-order valence-corrected chi connectivity index (χ3v) is 3.66. The van der Waals surface area contributed by atoms with E-state index in [2.05, 4.69) is 30.3 Å². The number of likely N-dealkylation sites (N-methyl/N-ethyl adjacent to an activating group) is 2. The van der Waals surface area contributed by atoms with Crippen molar-refractivity contribution in [1.82, 2.24) is 4.90 Å². The van der Waals surface area contributed by atoms with Gasteiger partial charge in [0.2, 0.25) is 5.91 Å². The summed E-state index contributed by atoms with van der Waals surface area (Å²) in [5.41, 5.74) is 1.07. The fourth-order valence-electron chi connectivity index (χ4n) is 2.38. The third kappa shape index (κ3) is 3.10. The number of rotatable bonds is 5. The summed E-state index contributed by atoms with van der Waals surface area (Å²) in [5, 5.41) is 2.42. The third-order valence-electron chi connectivity index (χ3n) is 3.66. The van der Waals surface area contributed by atoms with E-state index in [1.54, 1.807) is 0 Å². The van der Waals surface area contributed by atoms with E-state index in [1.165, 1.54) is 10.8 Å². The molecule has 0 aliphatic heterocycles. The Morgan fingerprint density at radius 3 is 2.30 bits per heavy atom. The average molecular weight is 270 g/mol. The van der Waals surface area contributed by atoms with Gasteiger partial charge in [-0.05, 0) is 36.8 Å². The van der Waals surface area contributed by atoms with Crippen molar-refractivity contribution in [2.75, 3.05) is 31.6 Å². The Labute approximate surface area is 120 Å². The zero-order chi connectivity index (χ0) is 14.5. The molecule has 0 atom stereocenters. The molecule has 0 unspecified atom stereocenters. The number of fused-ring (bicyclic) bond motifs is 1. The fourth-order valence-corrected chi connectivity index (χ4v) is 2.38. The van der Waals surface area contributed by atoms with Crippen LogP contribution in [-0.4, -0.2) is 37.5 Å². The molecule has 0 bridgehead atoms. The van der Waals surface area contributed by atoms with Crippen LogP contribution in [0.25, 0.3) is 10.8 Å². The zero-order valence-corrected chi connectivity index (χ0v) is 12.5. The summed E-state index contributed by atoms with van der Waals surface area (Å²) in [7, 11) is 1.96. The average Bonchev–Trinajstić information content (AvgIpc) is 2.48. The van der Waals surface area contributed by atoms with Gasteiger partial charge in [-0.3, -0.25) is 4.79 Å². The van der Waals surface area contributed by atoms with Crippen molar-refractivity contribution in [3.8, 4) is 0 Å². The molecule has 0 radical (unpaired) electrons. The van der Waals surface area contributed by atoms with Gasteiger partial charge in [-0.15, -0.1) is 0 Å². The summed E-state index contributed by atoms with van der Waals surface area (Å²) < 4.78 is 0. The summed E-state index contributed by atoms with van der Waals surface area (Å²) in [6.45, 7) is 5.97. The Hall–Kier alpha value is -2.03. The summed E-state index contributed by atoms with van der Waals surface area (Å²) in [6.07, 6.45) is 0. The van der Waals surface area contributed by atoms with Crippen molar-refractivity contribution in [1.29, 1.82) is 0 Å². The normalized spacial score (nSPS) is 10.6. The van der Waals surface area contributed by atoms with Gasteiger partial charge in [0, 0.05) is 25.8 Å². The first-order valence-corrected chi connectivity index (χ1v) is 7.13. The van der Waals surface area contributed by atoms with Crippen LogP contribution in [0.4, 0.5) is 5.69 Å². The smallest absolute Gasteiger partial charge is 0.242 e. The molecule has 2 rings (SSSR count). The molecule has 2 aromatic rings. The van der Waals surface area contributed by atoms with Crippen LogP contribution >= 0.6 is 0 Å². The zero-order valence-electron chi connectivity index (χ0n) is 12.5. The largest absolute Gasteiger partial charge is 0.365 e. The molecule has 1 amide bonds. The van der Waals surface area contributed by atoms with Crippen LogP contribution in [0.3, 0.4) is 0 Å². The summed E-state index contributed by atoms with van der Waals surface area (Å²) in [6, 6.07) is 14.6. The predicted molar refractivity (Wildman–Crippen MR) is 85.1 cm³/mol. The maximum Gasteiger partial charge on any atom is 0.242 e. The van der Waals surface area contributed by atoms with Crippen LogP contribution in [-0.2, 0) is 4.79 Å². The second kappa shape index (κ2) is 6.42. The molecular formula is C17H22N2O. The second-order valence-corrected chi connectivity index (χ2v) is 4.95. The first kappa shape index (κ1) is 14.4. The highest BCUT2D eigenvalue weighted by Gasteiger charge is 2.12. The van der Waals surface area contributed by atoms with E-state index in [1.807, 2.05) is 42.8 Å². The molecule has 0 heterocycles. The minimum absolute atomic E-state index is 0.172. The van der Waals surface area contributed by atoms with Crippen LogP contribution in [0.5, 0.6) is 0 Å². The SMILES string of the molecule is CCN(CC)C(=O)CN(C)c1ccc2ccccc2c1. The Balaban J connectivity index is 2.14. The number of hydrogen-bond acceptors (Lipinski definition) is 2. The highest BCUT2D eigenvalue weighted by Crippen LogP contribution is 2.21. The van der Waals surface area contributed by atoms with Crippen LogP contribution in [0.15, 0.2) is 42.5 Å². The van der Waals surface area contributed by atoms with Gasteiger partial charge < -0.3 is 9.80 Å². The molecular weight excluding hydrogens is 248 g/mol. The number of hydrogen-bond donors (Lipinski definition) is 0. The highest BCUT2D eigenvalue weighted by molar-refractivity contribution is 5.87. The standard InChI is InChI=1S/C17H22N2O/c1-4-19(5-2)17(20)13-18(3)16-11-10-14-8-6-7-9-15(14)12-16/h6-12H,4-5,13H2,1-3H3. The molecule has 2 aromatic carbocycles. The van der Waals surface area contributed by atoms with Crippen molar-refractivity contribution < 1.29 is 4.79 Å². The molecule has 106 valence electrons. The van der Waals surface area contributed by atoms with Gasteiger partial charge >= 0.3 is 0 Å². The van der Waals surface area contributed by atoms with Crippen molar-refractivity contribution >= 4 is 22.4 Å². The monoisotopic (exact) mass is 270 g/mol. The molecule has 20 heavy (non-hydrogen) atoms. The quantitative estimate of drug-likeness (QED) is 0.833. The first-order chi connectivity index (χ1) is 9.65. The van der Waals surface area contributed by atoms with Crippen LogP contribution < -0.4 is 4.90 Å². The van der Waals surface area contributed by atoms with E-state index in [4.69, 9.17) is 0 Å². The lowest BCUT2D eigenvalue weighted by Crippen LogP contribution is -2.38. The first-order valence-electron chi connectivity index (χ1n) is 7.13. The summed E-state index contributed by atoms with van der Waals surface area (Å²) in [5.74, 6) is 0.172. The van der Waals surface area contributed by atoms with Gasteiger partial charge in [0.15, 0.2) is 0 Å². The molecule has 0 aliphatic carbocycles. The molecule has 0 N–H and O–H groups in total. The highest BCUT2D eigenvalue weighted by atomic mass is 16.2. The van der Waals surface area contributed by atoms with Gasteiger partial charge in [0.05, 0.1) is 6.54 Å². The predicted octanol–water partition coefficient (Wildman–Crippen LogP) is 3.14. The molecule has 3 heteroatoms. The number of carbonyl (C=O) groups is 1. The van der Waals surface area contributed by atoms with Gasteiger partial charge in [-0.2, -0.15) is 0 Å². The maximum atomic E-state index is 12.1. The van der Waals surface area contributed by atoms with E-state index in [-0.39, 0.29) is 5.91 Å². The lowest BCUT2D eigenvalue weighted by Gasteiger charge is -2.24. The van der Waals surface area contributed by atoms with Crippen molar-refractivity contribution in [3.63, 3.8) is 0 Å². The second-order valence-electron chi connectivity index (χ2n) is 4.95. The number of amides is 1. The van der Waals surface area contributed by atoms with Crippen LogP contribution in [0.1, 0.15) is 13.8 Å². The Bertz CT molecular complexity index is 590. The Kier molecular flexibility index (Phi) is 4.61. The van der Waals surface area contributed by atoms with Gasteiger partial charge in [-0.25, -0.2) is 0 Å². The number of carbonyl (C=O) groups excluding carboxylic acids is 1. The van der Waals surface area contributed by atoms with Crippen LogP contribution in [0.2, 0.25) is 0 Å². The van der Waals surface area contributed by atoms with Crippen molar-refractivity contribution in [3.05, 3.63) is 42.5 Å². The molecule has 0 aliphatic rings. The summed E-state index contributed by atoms with van der Waals surface area (Å²) in [4.78, 5) is 16.0. The lowest BCUT2D eigenvalue weighted by atomic mass is 10.1. The number of nitrogens with zero attached hydrogens (tertiary/aromatic N) is 2. The molecule has 0 spiro atoms. The maximum absolute atomic E-state index is 12.1. The number of anilines is 1. The van der Waals surface area contributed by atoms with Gasteiger partial charge in [0.1, 0.15) is 0 Å². The molecule has 0 saturated heterocycles. The topological polar surface area (TPSA) is 23.6 Å². The molecule has 0 aromatic heterocycles. The number of benzene rings is 2. The van der Waals surface area contributed by atoms with Crippen molar-refractivity contribution in [2.24, 2.45) is 0 Å². The van der Waals surface area contributed by atoms with E-state index in [0.717, 1.165) is 18.8 Å². The Morgan fingerprint density at radius 1 is 1.00 bits per heavy atom. The molecule has 0 saturated carbocycles. The van der Waals surface area contributed by atoms with E-state index < -0.39 is 0 Å². The van der Waals surface area contributed by atoms with Gasteiger partial charge in [-0.1, -0.05) is 30.3 Å². The summed E-state index contributed by atoms with van der Waals surface area (Å²) >= 11 is 0. The Morgan fingerprint density at radius 2 is 1.65 bits per heavy atom. The van der Waals surface area contributed by atoms with E-state index in [9.17, 15) is 4.79 Å². The molecule has 0 fully saturated rings. The fraction of sp³-hybridized carbons (Fsp3) is 0.353. The molecule has 3 nitrogen and oxygen atoms in total. The van der Waals surface area contributed by atoms with E-state index in [0.29, 0.717) is 6.54 Å². The lowest BCUT2D eigenvalue weighted by molar-refractivity contribution is -0.129. The van der Waals surface area contributed by atoms with E-state index >= 15 is 0 Å². The minimum Gasteiger partial charge on any atom is -0.365 e.